The van der Waals surface area contributed by atoms with Crippen molar-refractivity contribution in [3.05, 3.63) is 17.0 Å². The molecule has 1 fully saturated rings. The first-order valence-corrected chi connectivity index (χ1v) is 7.24. The van der Waals surface area contributed by atoms with E-state index in [0.717, 1.165) is 18.4 Å². The molecule has 1 aliphatic heterocycles. The Balaban J connectivity index is 2.28. The summed E-state index contributed by atoms with van der Waals surface area (Å²) < 4.78 is 26.1. The van der Waals surface area contributed by atoms with Crippen LogP contribution >= 0.6 is 11.3 Å². The van der Waals surface area contributed by atoms with Gasteiger partial charge in [-0.25, -0.2) is 8.42 Å². The first-order valence-electron chi connectivity index (χ1n) is 4.92. The van der Waals surface area contributed by atoms with E-state index in [-0.39, 0.29) is 0 Å². The number of sulfonamides is 1. The van der Waals surface area contributed by atoms with Gasteiger partial charge in [0.1, 0.15) is 4.21 Å². The molecule has 0 saturated carbocycles. The number of thiophene rings is 1. The second kappa shape index (κ2) is 4.21. The molecule has 4 nitrogen and oxygen atoms in total. The molecule has 2 N–H and O–H groups in total. The number of hydrogen-bond acceptors (Lipinski definition) is 4. The van der Waals surface area contributed by atoms with Crippen molar-refractivity contribution in [1.29, 1.82) is 0 Å². The van der Waals surface area contributed by atoms with Crippen LogP contribution in [0.25, 0.3) is 0 Å². The standard InChI is InChI=1S/C9H14N2O2S2/c10-6-8-5-9(14-7-8)15(12,13)11-3-1-2-4-11/h5,7H,1-4,6,10H2. The van der Waals surface area contributed by atoms with Gasteiger partial charge in [0.15, 0.2) is 0 Å². The van der Waals surface area contributed by atoms with Gasteiger partial charge >= 0.3 is 0 Å². The van der Waals surface area contributed by atoms with Crippen molar-refractivity contribution in [3.8, 4) is 0 Å². The molecule has 15 heavy (non-hydrogen) atoms. The lowest BCUT2D eigenvalue weighted by molar-refractivity contribution is 0.479. The van der Waals surface area contributed by atoms with E-state index >= 15 is 0 Å². The molecule has 0 unspecified atom stereocenters. The summed E-state index contributed by atoms with van der Waals surface area (Å²) in [7, 11) is -3.23. The lowest BCUT2D eigenvalue weighted by atomic mass is 10.4. The fourth-order valence-corrected chi connectivity index (χ4v) is 4.54. The largest absolute Gasteiger partial charge is 0.326 e. The monoisotopic (exact) mass is 246 g/mol. The highest BCUT2D eigenvalue weighted by molar-refractivity contribution is 7.91. The first kappa shape index (κ1) is 11.1. The molecule has 1 aromatic rings. The zero-order valence-electron chi connectivity index (χ0n) is 8.35. The van der Waals surface area contributed by atoms with Crippen molar-refractivity contribution in [2.45, 2.75) is 23.6 Å². The summed E-state index contributed by atoms with van der Waals surface area (Å²) in [6.07, 6.45) is 1.93. The van der Waals surface area contributed by atoms with Crippen molar-refractivity contribution in [1.82, 2.24) is 4.31 Å². The maximum absolute atomic E-state index is 12.1. The van der Waals surface area contributed by atoms with E-state index < -0.39 is 10.0 Å². The Morgan fingerprint density at radius 1 is 1.40 bits per heavy atom. The van der Waals surface area contributed by atoms with Crippen LogP contribution in [-0.2, 0) is 16.6 Å². The van der Waals surface area contributed by atoms with E-state index in [1.165, 1.54) is 11.3 Å². The van der Waals surface area contributed by atoms with Crippen LogP contribution in [0.15, 0.2) is 15.7 Å². The Kier molecular flexibility index (Phi) is 3.11. The second-order valence-corrected chi connectivity index (χ2v) is 6.67. The molecule has 0 bridgehead atoms. The maximum Gasteiger partial charge on any atom is 0.252 e. The van der Waals surface area contributed by atoms with Crippen LogP contribution in [0.3, 0.4) is 0 Å². The summed E-state index contributed by atoms with van der Waals surface area (Å²) >= 11 is 1.26. The van der Waals surface area contributed by atoms with Gasteiger partial charge in [0.2, 0.25) is 0 Å². The predicted octanol–water partition coefficient (Wildman–Crippen LogP) is 0.991. The Labute approximate surface area is 93.8 Å². The lowest BCUT2D eigenvalue weighted by Gasteiger charge is -2.13. The third-order valence-electron chi connectivity index (χ3n) is 2.52. The molecular formula is C9H14N2O2S2. The van der Waals surface area contributed by atoms with Gasteiger partial charge in [-0.05, 0) is 29.9 Å². The van der Waals surface area contributed by atoms with Gasteiger partial charge in [-0.1, -0.05) is 0 Å². The van der Waals surface area contributed by atoms with Gasteiger partial charge in [-0.2, -0.15) is 4.31 Å². The number of rotatable bonds is 3. The minimum atomic E-state index is -3.23. The zero-order valence-corrected chi connectivity index (χ0v) is 9.98. The average Bonchev–Trinajstić information content (AvgIpc) is 2.89. The van der Waals surface area contributed by atoms with Crippen LogP contribution in [0.4, 0.5) is 0 Å². The molecule has 0 radical (unpaired) electrons. The number of nitrogens with zero attached hydrogens (tertiary/aromatic N) is 1. The summed E-state index contributed by atoms with van der Waals surface area (Å²) in [5.74, 6) is 0. The van der Waals surface area contributed by atoms with E-state index in [1.54, 1.807) is 10.4 Å². The molecule has 84 valence electrons. The highest BCUT2D eigenvalue weighted by atomic mass is 32.2. The minimum Gasteiger partial charge on any atom is -0.326 e. The molecule has 1 aromatic heterocycles. The minimum absolute atomic E-state index is 0.395. The van der Waals surface area contributed by atoms with Crippen molar-refractivity contribution in [3.63, 3.8) is 0 Å². The Bertz CT molecular complexity index is 433. The summed E-state index contributed by atoms with van der Waals surface area (Å²) in [6, 6.07) is 1.68. The molecule has 2 heterocycles. The zero-order chi connectivity index (χ0) is 10.9. The molecule has 0 atom stereocenters. The summed E-state index contributed by atoms with van der Waals surface area (Å²) in [6.45, 7) is 1.70. The molecule has 0 spiro atoms. The van der Waals surface area contributed by atoms with E-state index in [0.29, 0.717) is 23.8 Å². The van der Waals surface area contributed by atoms with Crippen LogP contribution in [0.1, 0.15) is 18.4 Å². The summed E-state index contributed by atoms with van der Waals surface area (Å²) in [5.41, 5.74) is 6.34. The van der Waals surface area contributed by atoms with Gasteiger partial charge in [-0.3, -0.25) is 0 Å². The third kappa shape index (κ3) is 2.08. The molecule has 0 aromatic carbocycles. The van der Waals surface area contributed by atoms with Gasteiger partial charge in [0.25, 0.3) is 10.0 Å². The molecule has 2 rings (SSSR count). The Morgan fingerprint density at radius 3 is 2.60 bits per heavy atom. The molecule has 6 heteroatoms. The topological polar surface area (TPSA) is 63.4 Å². The first-order chi connectivity index (χ1) is 7.14. The molecular weight excluding hydrogens is 232 g/mol. The molecule has 0 aliphatic carbocycles. The lowest BCUT2D eigenvalue weighted by Crippen LogP contribution is -2.27. The summed E-state index contributed by atoms with van der Waals surface area (Å²) in [4.78, 5) is 0. The van der Waals surface area contributed by atoms with Crippen LogP contribution in [0, 0.1) is 0 Å². The van der Waals surface area contributed by atoms with Gasteiger partial charge in [0, 0.05) is 19.6 Å². The van der Waals surface area contributed by atoms with E-state index in [2.05, 4.69) is 0 Å². The van der Waals surface area contributed by atoms with Crippen molar-refractivity contribution in [2.75, 3.05) is 13.1 Å². The van der Waals surface area contributed by atoms with Crippen LogP contribution < -0.4 is 5.73 Å². The van der Waals surface area contributed by atoms with Crippen LogP contribution in [-0.4, -0.2) is 25.8 Å². The van der Waals surface area contributed by atoms with E-state index in [1.807, 2.05) is 5.38 Å². The predicted molar refractivity (Wildman–Crippen MR) is 60.2 cm³/mol. The molecule has 1 aliphatic rings. The van der Waals surface area contributed by atoms with Crippen LogP contribution in [0.2, 0.25) is 0 Å². The highest BCUT2D eigenvalue weighted by Crippen LogP contribution is 2.26. The van der Waals surface area contributed by atoms with E-state index in [4.69, 9.17) is 5.73 Å². The van der Waals surface area contributed by atoms with Gasteiger partial charge in [-0.15, -0.1) is 11.3 Å². The quantitative estimate of drug-likeness (QED) is 0.865. The fourth-order valence-electron chi connectivity index (χ4n) is 1.65. The second-order valence-electron chi connectivity index (χ2n) is 3.59. The van der Waals surface area contributed by atoms with E-state index in [9.17, 15) is 8.42 Å². The molecule has 0 amide bonds. The van der Waals surface area contributed by atoms with Crippen LogP contribution in [0.5, 0.6) is 0 Å². The van der Waals surface area contributed by atoms with Crippen molar-refractivity contribution >= 4 is 21.4 Å². The van der Waals surface area contributed by atoms with Gasteiger partial charge in [0.05, 0.1) is 0 Å². The maximum atomic E-state index is 12.1. The fraction of sp³-hybridized carbons (Fsp3) is 0.556. The third-order valence-corrected chi connectivity index (χ3v) is 5.89. The smallest absolute Gasteiger partial charge is 0.252 e. The Hall–Kier alpha value is -0.430. The number of hydrogen-bond donors (Lipinski definition) is 1. The highest BCUT2D eigenvalue weighted by Gasteiger charge is 2.28. The Morgan fingerprint density at radius 2 is 2.07 bits per heavy atom. The van der Waals surface area contributed by atoms with Crippen molar-refractivity contribution < 1.29 is 8.42 Å². The van der Waals surface area contributed by atoms with Gasteiger partial charge < -0.3 is 5.73 Å². The molecule has 1 saturated heterocycles. The normalized spacial score (nSPS) is 18.5. The SMILES string of the molecule is NCc1csc(S(=O)(=O)N2CCCC2)c1. The summed E-state index contributed by atoms with van der Waals surface area (Å²) in [5, 5.41) is 1.81. The number of nitrogens with two attached hydrogens (primary N) is 1. The average molecular weight is 246 g/mol. The van der Waals surface area contributed by atoms with Crippen molar-refractivity contribution in [2.24, 2.45) is 5.73 Å².